The minimum atomic E-state index is 0.908. The average molecular weight is 386 g/mol. The molecule has 0 aliphatic carbocycles. The number of rotatable bonds is 6. The summed E-state index contributed by atoms with van der Waals surface area (Å²) >= 11 is 0. The van der Waals surface area contributed by atoms with Crippen LogP contribution in [0.3, 0.4) is 0 Å². The van der Waals surface area contributed by atoms with Crippen LogP contribution in [0.1, 0.15) is 11.1 Å². The highest BCUT2D eigenvalue weighted by molar-refractivity contribution is 6.04. The molecule has 0 fully saturated rings. The van der Waals surface area contributed by atoms with Gasteiger partial charge in [0.05, 0.1) is 0 Å². The van der Waals surface area contributed by atoms with E-state index in [1.807, 2.05) is 36.5 Å². The highest BCUT2D eigenvalue weighted by atomic mass is 14.6. The predicted octanol–water partition coefficient (Wildman–Crippen LogP) is 7.17. The van der Waals surface area contributed by atoms with Gasteiger partial charge in [0, 0.05) is 29.7 Å². The standard InChI is InChI=1S/C28H22N2/c1-21(22-13-15-24(16-14-22)23-8-4-3-5-9-23)28(20-29-2)26-11-6-10-25(18-26)27-12-7-17-30-19-27/h3-20H,1-2H2/b28-20+. The average Bonchev–Trinajstić information content (AvgIpc) is 2.83. The SMILES string of the molecule is C=N/C=C(\C(=C)c1ccc(-c2ccccc2)cc1)c1cccc(-c2cccnc2)c1. The quantitative estimate of drug-likeness (QED) is 0.255. The molecule has 3 aromatic carbocycles. The zero-order valence-corrected chi connectivity index (χ0v) is 16.7. The van der Waals surface area contributed by atoms with E-state index in [0.717, 1.165) is 33.4 Å². The largest absolute Gasteiger partial charge is 0.272 e. The number of pyridine rings is 1. The summed E-state index contributed by atoms with van der Waals surface area (Å²) in [5.41, 5.74) is 8.50. The van der Waals surface area contributed by atoms with E-state index in [0.29, 0.717) is 0 Å². The van der Waals surface area contributed by atoms with Crippen LogP contribution in [0.4, 0.5) is 0 Å². The number of allylic oxidation sites excluding steroid dienone is 2. The van der Waals surface area contributed by atoms with Crippen molar-refractivity contribution in [3.63, 3.8) is 0 Å². The molecular weight excluding hydrogens is 364 g/mol. The van der Waals surface area contributed by atoms with Crippen molar-refractivity contribution in [2.24, 2.45) is 4.99 Å². The van der Waals surface area contributed by atoms with Crippen LogP contribution in [-0.2, 0) is 0 Å². The first-order chi connectivity index (χ1) is 14.8. The molecule has 1 heterocycles. The molecule has 4 rings (SSSR count). The highest BCUT2D eigenvalue weighted by Crippen LogP contribution is 2.33. The van der Waals surface area contributed by atoms with Gasteiger partial charge in [0.15, 0.2) is 0 Å². The fourth-order valence-electron chi connectivity index (χ4n) is 3.47. The fourth-order valence-corrected chi connectivity index (χ4v) is 3.47. The van der Waals surface area contributed by atoms with E-state index < -0.39 is 0 Å². The van der Waals surface area contributed by atoms with Gasteiger partial charge < -0.3 is 0 Å². The van der Waals surface area contributed by atoms with E-state index in [1.54, 1.807) is 12.4 Å². The van der Waals surface area contributed by atoms with Crippen LogP contribution in [0.15, 0.2) is 121 Å². The summed E-state index contributed by atoms with van der Waals surface area (Å²) in [7, 11) is 0. The second-order valence-corrected chi connectivity index (χ2v) is 6.97. The van der Waals surface area contributed by atoms with Crippen molar-refractivity contribution >= 4 is 17.9 Å². The Hall–Kier alpha value is -4.04. The van der Waals surface area contributed by atoms with E-state index in [4.69, 9.17) is 0 Å². The Labute approximate surface area is 177 Å². The topological polar surface area (TPSA) is 25.2 Å². The van der Waals surface area contributed by atoms with Crippen LogP contribution in [0.25, 0.3) is 33.4 Å². The molecule has 1 aromatic heterocycles. The second-order valence-electron chi connectivity index (χ2n) is 6.97. The van der Waals surface area contributed by atoms with E-state index in [2.05, 4.69) is 83.9 Å². The van der Waals surface area contributed by atoms with Crippen molar-refractivity contribution in [2.75, 3.05) is 0 Å². The van der Waals surface area contributed by atoms with Gasteiger partial charge in [-0.15, -0.1) is 0 Å². The second kappa shape index (κ2) is 8.97. The highest BCUT2D eigenvalue weighted by Gasteiger charge is 2.10. The normalized spacial score (nSPS) is 11.1. The molecule has 30 heavy (non-hydrogen) atoms. The van der Waals surface area contributed by atoms with Gasteiger partial charge in [-0.05, 0) is 52.2 Å². The Kier molecular flexibility index (Phi) is 5.77. The van der Waals surface area contributed by atoms with Crippen LogP contribution in [-0.4, -0.2) is 11.7 Å². The van der Waals surface area contributed by atoms with Gasteiger partial charge >= 0.3 is 0 Å². The summed E-state index contributed by atoms with van der Waals surface area (Å²) in [6.45, 7) is 8.02. The zero-order chi connectivity index (χ0) is 20.8. The fraction of sp³-hybridized carbons (Fsp3) is 0. The van der Waals surface area contributed by atoms with Crippen LogP contribution < -0.4 is 0 Å². The molecule has 0 aliphatic rings. The maximum absolute atomic E-state index is 4.36. The first-order valence-corrected chi connectivity index (χ1v) is 9.78. The van der Waals surface area contributed by atoms with E-state index in [-0.39, 0.29) is 0 Å². The number of hydrogen-bond donors (Lipinski definition) is 0. The number of hydrogen-bond acceptors (Lipinski definition) is 2. The van der Waals surface area contributed by atoms with Crippen molar-refractivity contribution in [2.45, 2.75) is 0 Å². The van der Waals surface area contributed by atoms with Gasteiger partial charge in [0.25, 0.3) is 0 Å². The van der Waals surface area contributed by atoms with Gasteiger partial charge in [0.2, 0.25) is 0 Å². The lowest BCUT2D eigenvalue weighted by Crippen LogP contribution is -1.91. The maximum Gasteiger partial charge on any atom is 0.0346 e. The lowest BCUT2D eigenvalue weighted by molar-refractivity contribution is 1.33. The lowest BCUT2D eigenvalue weighted by Gasteiger charge is -2.13. The summed E-state index contributed by atoms with van der Waals surface area (Å²) in [4.78, 5) is 8.27. The maximum atomic E-state index is 4.36. The van der Waals surface area contributed by atoms with Crippen LogP contribution in [0, 0.1) is 0 Å². The van der Waals surface area contributed by atoms with Crippen LogP contribution >= 0.6 is 0 Å². The number of benzene rings is 3. The molecule has 0 aliphatic heterocycles. The van der Waals surface area contributed by atoms with Gasteiger partial charge in [-0.3, -0.25) is 9.98 Å². The van der Waals surface area contributed by atoms with E-state index in [1.165, 1.54) is 11.1 Å². The number of aromatic nitrogens is 1. The third-order valence-electron chi connectivity index (χ3n) is 5.05. The summed E-state index contributed by atoms with van der Waals surface area (Å²) in [6, 6.07) is 31.1. The first-order valence-electron chi connectivity index (χ1n) is 9.78. The van der Waals surface area contributed by atoms with E-state index >= 15 is 0 Å². The number of aliphatic imine (C=N–C) groups is 1. The molecular formula is C28H22N2. The van der Waals surface area contributed by atoms with Crippen LogP contribution in [0.2, 0.25) is 0 Å². The van der Waals surface area contributed by atoms with Gasteiger partial charge in [-0.25, -0.2) is 0 Å². The zero-order valence-electron chi connectivity index (χ0n) is 16.7. The van der Waals surface area contributed by atoms with Crippen LogP contribution in [0.5, 0.6) is 0 Å². The monoisotopic (exact) mass is 386 g/mol. The van der Waals surface area contributed by atoms with Crippen molar-refractivity contribution in [3.05, 3.63) is 127 Å². The molecule has 0 saturated heterocycles. The van der Waals surface area contributed by atoms with Crippen molar-refractivity contribution < 1.29 is 0 Å². The predicted molar refractivity (Wildman–Crippen MR) is 128 cm³/mol. The summed E-state index contributed by atoms with van der Waals surface area (Å²) in [5.74, 6) is 0. The molecule has 0 atom stereocenters. The first kappa shape index (κ1) is 19.3. The Bertz CT molecular complexity index is 1190. The molecule has 2 nitrogen and oxygen atoms in total. The smallest absolute Gasteiger partial charge is 0.0346 e. The molecule has 0 N–H and O–H groups in total. The minimum absolute atomic E-state index is 0.908. The molecule has 0 bridgehead atoms. The molecule has 4 aromatic rings. The Morgan fingerprint density at radius 3 is 2.10 bits per heavy atom. The molecule has 0 radical (unpaired) electrons. The van der Waals surface area contributed by atoms with Gasteiger partial charge in [0.1, 0.15) is 0 Å². The van der Waals surface area contributed by atoms with Crippen molar-refractivity contribution in [1.82, 2.24) is 4.98 Å². The summed E-state index contributed by atoms with van der Waals surface area (Å²) in [6.07, 6.45) is 5.42. The Balaban J connectivity index is 1.66. The summed E-state index contributed by atoms with van der Waals surface area (Å²) in [5, 5.41) is 0. The van der Waals surface area contributed by atoms with Crippen molar-refractivity contribution in [1.29, 1.82) is 0 Å². The van der Waals surface area contributed by atoms with E-state index in [9.17, 15) is 0 Å². The minimum Gasteiger partial charge on any atom is -0.272 e. The molecule has 0 amide bonds. The number of nitrogens with zero attached hydrogens (tertiary/aromatic N) is 2. The molecule has 2 heteroatoms. The summed E-state index contributed by atoms with van der Waals surface area (Å²) < 4.78 is 0. The molecule has 0 saturated carbocycles. The molecule has 0 spiro atoms. The Morgan fingerprint density at radius 1 is 0.700 bits per heavy atom. The third kappa shape index (κ3) is 4.18. The lowest BCUT2D eigenvalue weighted by atomic mass is 9.91. The van der Waals surface area contributed by atoms with Gasteiger partial charge in [-0.2, -0.15) is 0 Å². The van der Waals surface area contributed by atoms with Gasteiger partial charge in [-0.1, -0.05) is 85.4 Å². The third-order valence-corrected chi connectivity index (χ3v) is 5.05. The van der Waals surface area contributed by atoms with Crippen molar-refractivity contribution in [3.8, 4) is 22.3 Å². The Morgan fingerprint density at radius 2 is 1.40 bits per heavy atom. The molecule has 0 unspecified atom stereocenters. The molecule has 144 valence electrons.